The van der Waals surface area contributed by atoms with Gasteiger partial charge >= 0.3 is 7.82 Å². The van der Waals surface area contributed by atoms with Gasteiger partial charge in [0.1, 0.15) is 0 Å². The van der Waals surface area contributed by atoms with Crippen molar-refractivity contribution < 1.29 is 28.8 Å². The Balaban J connectivity index is 3.71. The zero-order valence-electron chi connectivity index (χ0n) is 40.8. The molecule has 61 heavy (non-hydrogen) atoms. The van der Waals surface area contributed by atoms with Crippen LogP contribution in [0.1, 0.15) is 303 Å². The predicted molar refractivity (Wildman–Crippen MR) is 264 cm³/mol. The van der Waals surface area contributed by atoms with Crippen LogP contribution >= 0.6 is 7.82 Å². The summed E-state index contributed by atoms with van der Waals surface area (Å²) in [5, 5.41) is 13.5. The lowest BCUT2D eigenvalue weighted by atomic mass is 10.0. The van der Waals surface area contributed by atoms with Crippen molar-refractivity contribution in [3.8, 4) is 0 Å². The molecule has 0 unspecified atom stereocenters. The molecule has 0 aromatic rings. The maximum Gasteiger partial charge on any atom is 0.469 e. The highest BCUT2D eigenvalue weighted by molar-refractivity contribution is 7.46. The molecule has 0 saturated heterocycles. The minimum absolute atomic E-state index is 0.219. The highest BCUT2D eigenvalue weighted by Crippen LogP contribution is 2.36. The maximum absolute atomic E-state index is 12.7. The van der Waals surface area contributed by atoms with Crippen LogP contribution in [0.5, 0.6) is 0 Å². The van der Waals surface area contributed by atoms with Gasteiger partial charge in [0, 0.05) is 6.42 Å². The van der Waals surface area contributed by atoms with Crippen LogP contribution < -0.4 is 5.32 Å². The molecule has 0 bridgehead atoms. The SMILES string of the molecule is CCCCCCCCCCCCCCCC/C=C/[C@@H](O)[C@H](COP(=O)(O)O)NC(=O)CCCCCCCCCCCCCCCCCCCCCCCCCCCCCCC. The molecule has 0 radical (unpaired) electrons. The Morgan fingerprint density at radius 2 is 0.721 bits per heavy atom. The molecule has 364 valence electrons. The molecule has 7 nitrogen and oxygen atoms in total. The number of unbranched alkanes of at least 4 members (excludes halogenated alkanes) is 42. The van der Waals surface area contributed by atoms with Crippen LogP contribution in [0.2, 0.25) is 0 Å². The number of allylic oxidation sites excluding steroid dienone is 1. The van der Waals surface area contributed by atoms with Gasteiger partial charge in [-0.25, -0.2) is 4.57 Å². The highest BCUT2D eigenvalue weighted by Gasteiger charge is 2.24. The van der Waals surface area contributed by atoms with Crippen molar-refractivity contribution in [2.75, 3.05) is 6.61 Å². The molecular formula is C53H106NO6P. The quantitative estimate of drug-likeness (QED) is 0.0275. The van der Waals surface area contributed by atoms with Gasteiger partial charge in [-0.3, -0.25) is 9.32 Å². The lowest BCUT2D eigenvalue weighted by molar-refractivity contribution is -0.123. The molecule has 0 heterocycles. The Hall–Kier alpha value is -0.720. The first-order chi connectivity index (χ1) is 29.8. The number of phosphoric ester groups is 1. The van der Waals surface area contributed by atoms with Crippen molar-refractivity contribution in [1.29, 1.82) is 0 Å². The molecule has 0 aliphatic heterocycles. The van der Waals surface area contributed by atoms with E-state index in [0.717, 1.165) is 38.5 Å². The Morgan fingerprint density at radius 1 is 0.459 bits per heavy atom. The molecule has 0 saturated carbocycles. The highest BCUT2D eigenvalue weighted by atomic mass is 31.2. The molecule has 8 heteroatoms. The first-order valence-electron chi connectivity index (χ1n) is 27.1. The number of hydrogen-bond donors (Lipinski definition) is 4. The van der Waals surface area contributed by atoms with Crippen molar-refractivity contribution in [2.24, 2.45) is 0 Å². The minimum Gasteiger partial charge on any atom is -0.387 e. The van der Waals surface area contributed by atoms with E-state index < -0.39 is 26.6 Å². The second-order valence-corrected chi connectivity index (χ2v) is 20.2. The number of hydrogen-bond acceptors (Lipinski definition) is 4. The summed E-state index contributed by atoms with van der Waals surface area (Å²) in [4.78, 5) is 31.1. The van der Waals surface area contributed by atoms with Crippen molar-refractivity contribution in [2.45, 2.75) is 315 Å². The second kappa shape index (κ2) is 48.7. The van der Waals surface area contributed by atoms with Crippen LogP contribution in [-0.4, -0.2) is 39.6 Å². The van der Waals surface area contributed by atoms with Gasteiger partial charge < -0.3 is 20.2 Å². The summed E-state index contributed by atoms with van der Waals surface area (Å²) in [5.74, 6) is -0.219. The van der Waals surface area contributed by atoms with Crippen LogP contribution in [0.25, 0.3) is 0 Å². The topological polar surface area (TPSA) is 116 Å². The van der Waals surface area contributed by atoms with Crippen LogP contribution in [-0.2, 0) is 13.9 Å². The molecular weight excluding hydrogens is 778 g/mol. The van der Waals surface area contributed by atoms with E-state index in [4.69, 9.17) is 0 Å². The van der Waals surface area contributed by atoms with Gasteiger partial charge in [0.05, 0.1) is 18.8 Å². The molecule has 0 fully saturated rings. The predicted octanol–water partition coefficient (Wildman–Crippen LogP) is 17.1. The first-order valence-corrected chi connectivity index (χ1v) is 28.7. The molecule has 0 spiro atoms. The number of aliphatic hydroxyl groups is 1. The number of amides is 1. The van der Waals surface area contributed by atoms with Crippen molar-refractivity contribution in [1.82, 2.24) is 5.32 Å². The van der Waals surface area contributed by atoms with Crippen molar-refractivity contribution in [3.05, 3.63) is 12.2 Å². The lowest BCUT2D eigenvalue weighted by Gasteiger charge is -2.22. The molecule has 0 aliphatic carbocycles. The van der Waals surface area contributed by atoms with Crippen molar-refractivity contribution in [3.63, 3.8) is 0 Å². The normalized spacial score (nSPS) is 13.1. The third-order valence-electron chi connectivity index (χ3n) is 12.7. The zero-order chi connectivity index (χ0) is 44.6. The first kappa shape index (κ1) is 60.3. The summed E-state index contributed by atoms with van der Waals surface area (Å²) >= 11 is 0. The summed E-state index contributed by atoms with van der Waals surface area (Å²) in [7, 11) is -4.72. The average Bonchev–Trinajstić information content (AvgIpc) is 3.24. The van der Waals surface area contributed by atoms with E-state index in [-0.39, 0.29) is 5.91 Å². The van der Waals surface area contributed by atoms with E-state index >= 15 is 0 Å². The van der Waals surface area contributed by atoms with Crippen LogP contribution in [0.4, 0.5) is 0 Å². The third kappa shape index (κ3) is 50.1. The molecule has 4 N–H and O–H groups in total. The van der Waals surface area contributed by atoms with Crippen molar-refractivity contribution >= 4 is 13.7 Å². The number of carbonyl (C=O) groups excluding carboxylic acids is 1. The van der Waals surface area contributed by atoms with Gasteiger partial charge in [-0.05, 0) is 19.3 Å². The Kier molecular flexibility index (Phi) is 48.2. The molecule has 2 atom stereocenters. The van der Waals surface area contributed by atoms with Crippen LogP contribution in [0.3, 0.4) is 0 Å². The van der Waals surface area contributed by atoms with Gasteiger partial charge in [0.25, 0.3) is 0 Å². The average molecular weight is 884 g/mol. The fourth-order valence-corrected chi connectivity index (χ4v) is 9.00. The molecule has 1 amide bonds. The summed E-state index contributed by atoms with van der Waals surface area (Å²) in [6.07, 6.45) is 61.3. The molecule has 0 aromatic heterocycles. The lowest BCUT2D eigenvalue weighted by Crippen LogP contribution is -2.45. The Labute approximate surface area is 380 Å². The van der Waals surface area contributed by atoms with Gasteiger partial charge in [-0.1, -0.05) is 289 Å². The zero-order valence-corrected chi connectivity index (χ0v) is 41.7. The van der Waals surface area contributed by atoms with E-state index in [2.05, 4.69) is 23.7 Å². The summed E-state index contributed by atoms with van der Waals surface area (Å²) in [5.41, 5.74) is 0. The number of nitrogens with one attached hydrogen (secondary N) is 1. The fourth-order valence-electron chi connectivity index (χ4n) is 8.64. The van der Waals surface area contributed by atoms with E-state index in [1.807, 2.05) is 6.08 Å². The van der Waals surface area contributed by atoms with E-state index in [1.165, 1.54) is 244 Å². The fraction of sp³-hybridized carbons (Fsp3) is 0.943. The number of rotatable bonds is 51. The van der Waals surface area contributed by atoms with Crippen LogP contribution in [0.15, 0.2) is 12.2 Å². The van der Waals surface area contributed by atoms with E-state index in [9.17, 15) is 24.3 Å². The van der Waals surface area contributed by atoms with Gasteiger partial charge in [-0.2, -0.15) is 0 Å². The van der Waals surface area contributed by atoms with Gasteiger partial charge in [0.2, 0.25) is 5.91 Å². The Morgan fingerprint density at radius 3 is 1.00 bits per heavy atom. The van der Waals surface area contributed by atoms with Crippen LogP contribution in [0, 0.1) is 0 Å². The molecule has 0 aliphatic rings. The number of aliphatic hydroxyl groups excluding tert-OH is 1. The van der Waals surface area contributed by atoms with Gasteiger partial charge in [0.15, 0.2) is 0 Å². The third-order valence-corrected chi connectivity index (χ3v) is 13.2. The Bertz CT molecular complexity index is 957. The standard InChI is InChI=1S/C53H106NO6P/c1-3-5-7-9-11-13-15-17-19-21-22-23-24-25-26-27-28-29-30-31-32-33-35-37-39-41-43-45-47-49-53(56)54-51(50-60-61(57,58)59)52(55)48-46-44-42-40-38-36-34-20-18-16-14-12-10-8-6-4-2/h46,48,51-52,55H,3-45,47,49-50H2,1-2H3,(H,54,56)(H2,57,58,59)/b48-46+/t51-,52+/m0/s1. The summed E-state index contributed by atoms with van der Waals surface area (Å²) in [6.45, 7) is 4.12. The monoisotopic (exact) mass is 884 g/mol. The molecule has 0 aromatic carbocycles. The van der Waals surface area contributed by atoms with E-state index in [1.54, 1.807) is 6.08 Å². The van der Waals surface area contributed by atoms with Gasteiger partial charge in [-0.15, -0.1) is 0 Å². The number of carbonyl (C=O) groups is 1. The minimum atomic E-state index is -4.72. The maximum atomic E-state index is 12.7. The second-order valence-electron chi connectivity index (χ2n) is 18.9. The number of phosphoric acid groups is 1. The van der Waals surface area contributed by atoms with E-state index in [0.29, 0.717) is 6.42 Å². The smallest absolute Gasteiger partial charge is 0.387 e. The largest absolute Gasteiger partial charge is 0.469 e. The summed E-state index contributed by atoms with van der Waals surface area (Å²) < 4.78 is 16.0. The molecule has 0 rings (SSSR count). The summed E-state index contributed by atoms with van der Waals surface area (Å²) in [6, 6.07) is -0.906.